The van der Waals surface area contributed by atoms with E-state index < -0.39 is 0 Å². The van der Waals surface area contributed by atoms with Crippen molar-refractivity contribution in [1.29, 1.82) is 0 Å². The lowest BCUT2D eigenvalue weighted by atomic mass is 9.88. The molecule has 2 heterocycles. The molecule has 2 aromatic rings. The zero-order chi connectivity index (χ0) is 14.8. The largest absolute Gasteiger partial charge is 0.384 e. The molecule has 0 fully saturated rings. The van der Waals surface area contributed by atoms with Crippen LogP contribution in [0.4, 0.5) is 5.82 Å². The highest BCUT2D eigenvalue weighted by Gasteiger charge is 2.31. The van der Waals surface area contributed by atoms with Gasteiger partial charge in [0, 0.05) is 18.4 Å². The average Bonchev–Trinajstić information content (AvgIpc) is 2.83. The fourth-order valence-electron chi connectivity index (χ4n) is 1.92. The first-order chi connectivity index (χ1) is 9.41. The Bertz CT molecular complexity index is 575. The minimum absolute atomic E-state index is 0.117. The van der Waals surface area contributed by atoms with Crippen LogP contribution < -0.4 is 5.73 Å². The summed E-state index contributed by atoms with van der Waals surface area (Å²) in [5, 5.41) is 4.04. The Morgan fingerprint density at radius 1 is 1.40 bits per heavy atom. The maximum absolute atomic E-state index is 5.74. The minimum atomic E-state index is -0.218. The number of anilines is 1. The smallest absolute Gasteiger partial charge is 0.258 e. The molecule has 0 amide bonds. The van der Waals surface area contributed by atoms with E-state index >= 15 is 0 Å². The van der Waals surface area contributed by atoms with E-state index in [9.17, 15) is 0 Å². The topological polar surface area (TPSA) is 87.1 Å². The highest BCUT2D eigenvalue weighted by Crippen LogP contribution is 2.35. The van der Waals surface area contributed by atoms with Crippen molar-refractivity contribution in [3.8, 4) is 11.5 Å². The molecular weight excluding hydrogens is 256 g/mol. The molecule has 6 heteroatoms. The first kappa shape index (κ1) is 14.5. The van der Waals surface area contributed by atoms with Gasteiger partial charge in [-0.1, -0.05) is 25.9 Å². The maximum atomic E-state index is 5.74. The van der Waals surface area contributed by atoms with Crippen LogP contribution >= 0.6 is 0 Å². The maximum Gasteiger partial charge on any atom is 0.258 e. The fraction of sp³-hybridized carbons (Fsp3) is 0.500. The van der Waals surface area contributed by atoms with Crippen LogP contribution in [0.15, 0.2) is 22.9 Å². The molecule has 0 aromatic carbocycles. The second-order valence-corrected chi connectivity index (χ2v) is 5.63. The van der Waals surface area contributed by atoms with Crippen LogP contribution in [0.3, 0.4) is 0 Å². The highest BCUT2D eigenvalue weighted by atomic mass is 16.5. The summed E-state index contributed by atoms with van der Waals surface area (Å²) < 4.78 is 11.0. The molecule has 0 saturated heterocycles. The quantitative estimate of drug-likeness (QED) is 0.923. The number of aromatic nitrogens is 3. The van der Waals surface area contributed by atoms with Crippen molar-refractivity contribution in [2.75, 3.05) is 12.3 Å². The van der Waals surface area contributed by atoms with Gasteiger partial charge in [-0.3, -0.25) is 0 Å². The number of hydrogen-bond donors (Lipinski definition) is 1. The van der Waals surface area contributed by atoms with Gasteiger partial charge in [0.25, 0.3) is 5.89 Å². The molecule has 6 nitrogen and oxygen atoms in total. The molecule has 2 rings (SSSR count). The van der Waals surface area contributed by atoms with E-state index in [1.54, 1.807) is 18.3 Å². The van der Waals surface area contributed by atoms with E-state index in [2.05, 4.69) is 35.9 Å². The van der Waals surface area contributed by atoms with E-state index in [1.807, 2.05) is 6.92 Å². The predicted octanol–water partition coefficient (Wildman–Crippen LogP) is 2.84. The Labute approximate surface area is 118 Å². The Morgan fingerprint density at radius 2 is 2.15 bits per heavy atom. The molecule has 1 unspecified atom stereocenters. The molecule has 2 N–H and O–H groups in total. The molecule has 0 radical (unpaired) electrons. The molecule has 0 aliphatic carbocycles. The van der Waals surface area contributed by atoms with Crippen molar-refractivity contribution in [2.45, 2.75) is 33.8 Å². The number of hydrogen-bond acceptors (Lipinski definition) is 6. The second kappa shape index (κ2) is 5.58. The highest BCUT2D eigenvalue weighted by molar-refractivity contribution is 5.56. The summed E-state index contributed by atoms with van der Waals surface area (Å²) in [5.74, 6) is 1.38. The molecule has 2 aromatic heterocycles. The summed E-state index contributed by atoms with van der Waals surface area (Å²) in [6.45, 7) is 8.77. The molecule has 20 heavy (non-hydrogen) atoms. The SMILES string of the molecule is CCOC(c1noc(-c2ccnc(N)c2)n1)C(C)(C)C. The first-order valence-corrected chi connectivity index (χ1v) is 6.59. The van der Waals surface area contributed by atoms with Crippen LogP contribution in [0, 0.1) is 5.41 Å². The number of nitrogens with two attached hydrogens (primary N) is 1. The third kappa shape index (κ3) is 3.14. The van der Waals surface area contributed by atoms with E-state index in [4.69, 9.17) is 15.0 Å². The third-order valence-corrected chi connectivity index (χ3v) is 2.82. The summed E-state index contributed by atoms with van der Waals surface area (Å²) in [6, 6.07) is 3.48. The van der Waals surface area contributed by atoms with Gasteiger partial charge in [-0.05, 0) is 24.5 Å². The van der Waals surface area contributed by atoms with Crippen LogP contribution in [0.1, 0.15) is 39.6 Å². The van der Waals surface area contributed by atoms with E-state index in [0.29, 0.717) is 24.1 Å². The Hall–Kier alpha value is -1.95. The van der Waals surface area contributed by atoms with Crippen molar-refractivity contribution in [3.63, 3.8) is 0 Å². The first-order valence-electron chi connectivity index (χ1n) is 6.59. The van der Waals surface area contributed by atoms with E-state index in [0.717, 1.165) is 5.56 Å². The van der Waals surface area contributed by atoms with Crippen LogP contribution in [-0.4, -0.2) is 21.7 Å². The normalized spacial score (nSPS) is 13.4. The summed E-state index contributed by atoms with van der Waals surface area (Å²) in [6.07, 6.45) is 1.39. The lowest BCUT2D eigenvalue weighted by molar-refractivity contribution is -0.0203. The van der Waals surface area contributed by atoms with Crippen LogP contribution in [0.2, 0.25) is 0 Å². The minimum Gasteiger partial charge on any atom is -0.384 e. The Kier molecular flexibility index (Phi) is 4.04. The molecule has 0 bridgehead atoms. The van der Waals surface area contributed by atoms with Gasteiger partial charge in [-0.2, -0.15) is 4.98 Å². The molecule has 0 saturated carbocycles. The summed E-state index contributed by atoms with van der Waals surface area (Å²) >= 11 is 0. The third-order valence-electron chi connectivity index (χ3n) is 2.82. The average molecular weight is 276 g/mol. The fourth-order valence-corrected chi connectivity index (χ4v) is 1.92. The Morgan fingerprint density at radius 3 is 2.75 bits per heavy atom. The molecule has 0 spiro atoms. The monoisotopic (exact) mass is 276 g/mol. The van der Waals surface area contributed by atoms with Gasteiger partial charge >= 0.3 is 0 Å². The van der Waals surface area contributed by atoms with Gasteiger partial charge in [-0.25, -0.2) is 4.98 Å². The summed E-state index contributed by atoms with van der Waals surface area (Å²) in [7, 11) is 0. The predicted molar refractivity (Wildman–Crippen MR) is 75.8 cm³/mol. The number of ether oxygens (including phenoxy) is 1. The van der Waals surface area contributed by atoms with Crippen LogP contribution in [0.25, 0.3) is 11.5 Å². The van der Waals surface area contributed by atoms with Gasteiger partial charge in [0.05, 0.1) is 0 Å². The van der Waals surface area contributed by atoms with Crippen LogP contribution in [-0.2, 0) is 4.74 Å². The van der Waals surface area contributed by atoms with Gasteiger partial charge in [0.2, 0.25) is 5.82 Å². The number of rotatable bonds is 4. The van der Waals surface area contributed by atoms with Gasteiger partial charge in [-0.15, -0.1) is 0 Å². The van der Waals surface area contributed by atoms with E-state index in [-0.39, 0.29) is 11.5 Å². The molecule has 0 aliphatic rings. The molecule has 1 atom stereocenters. The standard InChI is InChI=1S/C14H20N4O2/c1-5-19-11(14(2,3)4)12-17-13(20-18-12)9-6-7-16-10(15)8-9/h6-8,11H,5H2,1-4H3,(H2,15,16). The summed E-state index contributed by atoms with van der Waals surface area (Å²) in [5.41, 5.74) is 6.29. The molecule has 108 valence electrons. The lowest BCUT2D eigenvalue weighted by Crippen LogP contribution is -2.22. The number of nitrogen functional groups attached to an aromatic ring is 1. The van der Waals surface area contributed by atoms with Crippen molar-refractivity contribution in [3.05, 3.63) is 24.2 Å². The van der Waals surface area contributed by atoms with Crippen molar-refractivity contribution in [1.82, 2.24) is 15.1 Å². The van der Waals surface area contributed by atoms with Crippen molar-refractivity contribution in [2.24, 2.45) is 5.41 Å². The van der Waals surface area contributed by atoms with Gasteiger partial charge in [0.15, 0.2) is 0 Å². The zero-order valence-electron chi connectivity index (χ0n) is 12.3. The Balaban J connectivity index is 2.32. The van der Waals surface area contributed by atoms with Crippen LogP contribution in [0.5, 0.6) is 0 Å². The zero-order valence-corrected chi connectivity index (χ0v) is 12.3. The number of nitrogens with zero attached hydrogens (tertiary/aromatic N) is 3. The summed E-state index contributed by atoms with van der Waals surface area (Å²) in [4.78, 5) is 8.36. The van der Waals surface area contributed by atoms with Crippen molar-refractivity contribution >= 4 is 5.82 Å². The molecule has 0 aliphatic heterocycles. The van der Waals surface area contributed by atoms with Gasteiger partial charge < -0.3 is 15.0 Å². The van der Waals surface area contributed by atoms with Gasteiger partial charge in [0.1, 0.15) is 11.9 Å². The lowest BCUT2D eigenvalue weighted by Gasteiger charge is -2.27. The van der Waals surface area contributed by atoms with E-state index in [1.165, 1.54) is 0 Å². The number of pyridine rings is 1. The van der Waals surface area contributed by atoms with Crippen molar-refractivity contribution < 1.29 is 9.26 Å². The molecular formula is C14H20N4O2. The second-order valence-electron chi connectivity index (χ2n) is 5.63.